The maximum Gasteiger partial charge on any atom is 0.0468 e. The van der Waals surface area contributed by atoms with E-state index in [1.54, 1.807) is 11.1 Å². The van der Waals surface area contributed by atoms with Crippen molar-refractivity contribution in [3.05, 3.63) is 150 Å². The lowest BCUT2D eigenvalue weighted by Gasteiger charge is -2.76. The highest BCUT2D eigenvalue weighted by Gasteiger charge is 2.84. The van der Waals surface area contributed by atoms with Crippen LogP contribution in [0.5, 0.6) is 0 Å². The Morgan fingerprint density at radius 3 is 2.02 bits per heavy atom. The number of rotatable bonds is 4. The van der Waals surface area contributed by atoms with E-state index in [4.69, 9.17) is 0 Å². The fourth-order valence-corrected chi connectivity index (χ4v) is 14.0. The first-order valence-corrected chi connectivity index (χ1v) is 20.5. The standard InChI is InChI=1S/C52H49N/c1-49(2)24-25-50(3,4)48-40(13-9-15-44(48)49)34-17-19-37(20-18-34)53(38-21-16-33-10-5-6-11-35(33)28-38)39-22-23-42-41-12-7-8-14-43(41)52(45(42)30-39)46-27-32-26-36-29-47(52)51(36,46)31-32/h5-23,28,30,32,36,46-47H,24-27,29,31H2,1-4H3. The minimum atomic E-state index is 0.147. The van der Waals surface area contributed by atoms with Crippen molar-refractivity contribution in [2.24, 2.45) is 29.1 Å². The Kier molecular flexibility index (Phi) is 5.88. The van der Waals surface area contributed by atoms with Crippen LogP contribution < -0.4 is 4.90 Å². The van der Waals surface area contributed by atoms with Crippen molar-refractivity contribution in [3.8, 4) is 22.3 Å². The molecule has 0 aliphatic heterocycles. The Labute approximate surface area is 315 Å². The third kappa shape index (κ3) is 3.75. The summed E-state index contributed by atoms with van der Waals surface area (Å²) in [5, 5.41) is 2.56. The average Bonchev–Trinajstić information content (AvgIpc) is 3.81. The van der Waals surface area contributed by atoms with Crippen LogP contribution in [0.25, 0.3) is 33.0 Å². The lowest BCUT2D eigenvalue weighted by Crippen LogP contribution is -2.73. The number of hydrogen-bond donors (Lipinski definition) is 0. The lowest BCUT2D eigenvalue weighted by molar-refractivity contribution is -0.231. The Bertz CT molecular complexity index is 2520. The summed E-state index contributed by atoms with van der Waals surface area (Å²) < 4.78 is 0. The van der Waals surface area contributed by atoms with Crippen molar-refractivity contribution in [1.82, 2.24) is 0 Å². The molecule has 6 aromatic rings. The molecule has 6 atom stereocenters. The SMILES string of the molecule is CC1(C)CCC(C)(C)c2c(-c3ccc(N(c4ccc5c(c4)C4(c6ccccc6-5)C5CC6CC7CC4C75C6)c4ccc5ccccc5c4)cc3)cccc21. The summed E-state index contributed by atoms with van der Waals surface area (Å²) in [7, 11) is 0. The zero-order valence-corrected chi connectivity index (χ0v) is 31.6. The first-order chi connectivity index (χ1) is 25.7. The molecule has 6 aliphatic rings. The topological polar surface area (TPSA) is 3.24 Å². The maximum atomic E-state index is 2.64. The van der Waals surface area contributed by atoms with Gasteiger partial charge in [-0.15, -0.1) is 0 Å². The second kappa shape index (κ2) is 10.1. The second-order valence-corrected chi connectivity index (χ2v) is 19.2. The quantitative estimate of drug-likeness (QED) is 0.178. The first-order valence-electron chi connectivity index (χ1n) is 20.5. The molecular weight excluding hydrogens is 639 g/mol. The fourth-order valence-electron chi connectivity index (χ4n) is 14.0. The number of fused-ring (bicyclic) bond motifs is 10. The molecule has 4 saturated carbocycles. The lowest BCUT2D eigenvalue weighted by atomic mass is 9.27. The summed E-state index contributed by atoms with van der Waals surface area (Å²) in [5.74, 6) is 3.54. The normalized spacial score (nSPS) is 29.9. The van der Waals surface area contributed by atoms with Gasteiger partial charge in [-0.25, -0.2) is 0 Å². The molecule has 1 heteroatoms. The van der Waals surface area contributed by atoms with Crippen molar-refractivity contribution in [2.45, 2.75) is 82.5 Å². The molecule has 6 unspecified atom stereocenters. The summed E-state index contributed by atoms with van der Waals surface area (Å²) in [5.41, 5.74) is 16.9. The third-order valence-corrected chi connectivity index (χ3v) is 16.1. The van der Waals surface area contributed by atoms with Crippen LogP contribution in [0.1, 0.15) is 88.5 Å². The van der Waals surface area contributed by atoms with E-state index in [1.807, 2.05) is 0 Å². The number of anilines is 3. The van der Waals surface area contributed by atoms with Gasteiger partial charge >= 0.3 is 0 Å². The van der Waals surface area contributed by atoms with Gasteiger partial charge in [0.15, 0.2) is 0 Å². The van der Waals surface area contributed by atoms with Crippen LogP contribution in [0.3, 0.4) is 0 Å². The maximum absolute atomic E-state index is 2.64. The van der Waals surface area contributed by atoms with Gasteiger partial charge in [-0.3, -0.25) is 0 Å². The Morgan fingerprint density at radius 1 is 0.509 bits per heavy atom. The van der Waals surface area contributed by atoms with Crippen LogP contribution >= 0.6 is 0 Å². The van der Waals surface area contributed by atoms with E-state index in [-0.39, 0.29) is 16.2 Å². The average molecular weight is 688 g/mol. The van der Waals surface area contributed by atoms with Crippen molar-refractivity contribution in [2.75, 3.05) is 4.90 Å². The molecule has 4 fully saturated rings. The van der Waals surface area contributed by atoms with Gasteiger partial charge in [-0.1, -0.05) is 119 Å². The van der Waals surface area contributed by atoms with Crippen LogP contribution in [-0.4, -0.2) is 0 Å². The van der Waals surface area contributed by atoms with E-state index in [9.17, 15) is 0 Å². The van der Waals surface area contributed by atoms with E-state index in [0.717, 1.165) is 23.7 Å². The molecule has 0 saturated heterocycles. The minimum Gasteiger partial charge on any atom is -0.310 e. The Hall–Kier alpha value is -4.62. The van der Waals surface area contributed by atoms with E-state index in [1.165, 1.54) is 99.7 Å². The van der Waals surface area contributed by atoms with Gasteiger partial charge < -0.3 is 4.90 Å². The highest BCUT2D eigenvalue weighted by Crippen LogP contribution is 2.89. The summed E-state index contributed by atoms with van der Waals surface area (Å²) in [6.07, 6.45) is 8.31. The van der Waals surface area contributed by atoms with Gasteiger partial charge in [-0.2, -0.15) is 0 Å². The Morgan fingerprint density at radius 2 is 1.17 bits per heavy atom. The fraction of sp³-hybridized carbons (Fsp3) is 0.346. The first kappa shape index (κ1) is 30.8. The van der Waals surface area contributed by atoms with E-state index in [2.05, 4.69) is 160 Å². The molecule has 2 bridgehead atoms. The minimum absolute atomic E-state index is 0.147. The highest BCUT2D eigenvalue weighted by molar-refractivity contribution is 5.91. The monoisotopic (exact) mass is 687 g/mol. The van der Waals surface area contributed by atoms with Crippen molar-refractivity contribution >= 4 is 27.8 Å². The molecule has 0 N–H and O–H groups in total. The molecule has 2 spiro atoms. The Balaban J connectivity index is 1.02. The third-order valence-electron chi connectivity index (χ3n) is 16.1. The van der Waals surface area contributed by atoms with Crippen LogP contribution in [-0.2, 0) is 16.2 Å². The van der Waals surface area contributed by atoms with Crippen LogP contribution in [0.15, 0.2) is 127 Å². The predicted octanol–water partition coefficient (Wildman–Crippen LogP) is 13.7. The molecule has 0 heterocycles. The molecule has 262 valence electrons. The van der Waals surface area contributed by atoms with E-state index >= 15 is 0 Å². The van der Waals surface area contributed by atoms with Gasteiger partial charge in [0, 0.05) is 22.5 Å². The van der Waals surface area contributed by atoms with Crippen molar-refractivity contribution in [1.29, 1.82) is 0 Å². The highest BCUT2D eigenvalue weighted by atomic mass is 15.1. The van der Waals surface area contributed by atoms with Crippen molar-refractivity contribution in [3.63, 3.8) is 0 Å². The smallest absolute Gasteiger partial charge is 0.0468 e. The largest absolute Gasteiger partial charge is 0.310 e. The van der Waals surface area contributed by atoms with E-state index < -0.39 is 0 Å². The molecule has 0 amide bonds. The molecule has 0 aromatic heterocycles. The summed E-state index contributed by atoms with van der Waals surface area (Å²) in [6.45, 7) is 9.75. The number of hydrogen-bond acceptors (Lipinski definition) is 1. The molecule has 53 heavy (non-hydrogen) atoms. The summed E-state index contributed by atoms with van der Waals surface area (Å²) >= 11 is 0. The second-order valence-electron chi connectivity index (χ2n) is 19.2. The van der Waals surface area contributed by atoms with E-state index in [0.29, 0.717) is 5.41 Å². The number of nitrogens with zero attached hydrogens (tertiary/aromatic N) is 1. The molecular formula is C52H49N. The molecule has 6 aromatic carbocycles. The number of benzene rings is 6. The molecule has 0 radical (unpaired) electrons. The van der Waals surface area contributed by atoms with Gasteiger partial charge in [-0.05, 0) is 170 Å². The zero-order chi connectivity index (χ0) is 35.5. The van der Waals surface area contributed by atoms with Crippen LogP contribution in [0.4, 0.5) is 17.1 Å². The summed E-state index contributed by atoms with van der Waals surface area (Å²) in [6, 6.07) is 49.4. The van der Waals surface area contributed by atoms with Gasteiger partial charge in [0.25, 0.3) is 0 Å². The summed E-state index contributed by atoms with van der Waals surface area (Å²) in [4.78, 5) is 2.54. The van der Waals surface area contributed by atoms with Crippen LogP contribution in [0.2, 0.25) is 0 Å². The molecule has 6 aliphatic carbocycles. The van der Waals surface area contributed by atoms with Gasteiger partial charge in [0.2, 0.25) is 0 Å². The molecule has 1 nitrogen and oxygen atoms in total. The van der Waals surface area contributed by atoms with Gasteiger partial charge in [0.05, 0.1) is 0 Å². The van der Waals surface area contributed by atoms with Gasteiger partial charge in [0.1, 0.15) is 0 Å². The predicted molar refractivity (Wildman–Crippen MR) is 220 cm³/mol. The zero-order valence-electron chi connectivity index (χ0n) is 31.6. The van der Waals surface area contributed by atoms with Crippen LogP contribution in [0, 0.1) is 29.1 Å². The molecule has 12 rings (SSSR count). The van der Waals surface area contributed by atoms with Crippen molar-refractivity contribution < 1.29 is 0 Å².